The maximum Gasteiger partial charge on any atom is 0.251 e. The number of aliphatic hydroxyl groups is 1. The highest BCUT2D eigenvalue weighted by molar-refractivity contribution is 5.94. The number of nitrogens with one attached hydrogen (secondary N) is 1. The summed E-state index contributed by atoms with van der Waals surface area (Å²) in [5.41, 5.74) is 1.41. The Morgan fingerprint density at radius 1 is 1.00 bits per heavy atom. The largest absolute Gasteiger partial charge is 0.489 e. The molecule has 2 N–H and O–H groups in total. The Labute approximate surface area is 195 Å². The lowest BCUT2D eigenvalue weighted by Crippen LogP contribution is -2.49. The predicted octanol–water partition coefficient (Wildman–Crippen LogP) is 4.54. The maximum atomic E-state index is 13.0. The molecule has 2 unspecified atom stereocenters. The van der Waals surface area contributed by atoms with Gasteiger partial charge in [0.2, 0.25) is 0 Å². The molecule has 0 aromatic heterocycles. The van der Waals surface area contributed by atoms with Crippen LogP contribution in [0.5, 0.6) is 5.75 Å². The third-order valence-electron chi connectivity index (χ3n) is 6.89. The number of ether oxygens (including phenoxy) is 1. The Balaban J connectivity index is 1.30. The van der Waals surface area contributed by atoms with Crippen molar-refractivity contribution >= 4 is 5.91 Å². The van der Waals surface area contributed by atoms with E-state index in [1.807, 2.05) is 0 Å². The molecule has 1 saturated carbocycles. The van der Waals surface area contributed by atoms with Gasteiger partial charge < -0.3 is 20.1 Å². The van der Waals surface area contributed by atoms with Crippen molar-refractivity contribution in [1.82, 2.24) is 10.2 Å². The van der Waals surface area contributed by atoms with Crippen LogP contribution in [0.3, 0.4) is 0 Å². The topological polar surface area (TPSA) is 61.8 Å². The fourth-order valence-corrected chi connectivity index (χ4v) is 4.96. The number of aliphatic hydroxyl groups excluding tert-OH is 1. The van der Waals surface area contributed by atoms with Crippen molar-refractivity contribution in [3.8, 4) is 5.75 Å². The zero-order valence-corrected chi connectivity index (χ0v) is 19.2. The van der Waals surface area contributed by atoms with Gasteiger partial charge in [-0.3, -0.25) is 4.79 Å². The second-order valence-electron chi connectivity index (χ2n) is 9.49. The van der Waals surface area contributed by atoms with Gasteiger partial charge in [-0.1, -0.05) is 31.4 Å². The Hall–Kier alpha value is -2.44. The van der Waals surface area contributed by atoms with Crippen LogP contribution in [0.4, 0.5) is 4.39 Å². The Morgan fingerprint density at radius 2 is 1.73 bits per heavy atom. The molecule has 2 atom stereocenters. The number of hydrogen-bond donors (Lipinski definition) is 2. The SMILES string of the molecule is O=C(NC1CN(CC2CCCCC2)CCCC1O)c1ccc(OCc2ccc(F)cc2)cc1. The molecule has 1 amide bonds. The molecule has 1 aliphatic heterocycles. The minimum absolute atomic E-state index is 0.177. The molecule has 1 saturated heterocycles. The Bertz CT molecular complexity index is 881. The number of benzene rings is 2. The molecule has 2 aromatic rings. The van der Waals surface area contributed by atoms with E-state index in [0.717, 1.165) is 31.0 Å². The zero-order chi connectivity index (χ0) is 23.0. The lowest BCUT2D eigenvalue weighted by atomic mass is 9.89. The van der Waals surface area contributed by atoms with Gasteiger partial charge in [0, 0.05) is 18.7 Å². The van der Waals surface area contributed by atoms with E-state index in [9.17, 15) is 14.3 Å². The lowest BCUT2D eigenvalue weighted by molar-refractivity contribution is 0.0789. The van der Waals surface area contributed by atoms with Crippen molar-refractivity contribution in [2.45, 2.75) is 63.7 Å². The van der Waals surface area contributed by atoms with Crippen LogP contribution in [0.15, 0.2) is 48.5 Å². The van der Waals surface area contributed by atoms with Crippen molar-refractivity contribution in [1.29, 1.82) is 0 Å². The molecule has 4 rings (SSSR count). The molecule has 0 radical (unpaired) electrons. The molecule has 6 heteroatoms. The minimum Gasteiger partial charge on any atom is -0.489 e. The van der Waals surface area contributed by atoms with Crippen LogP contribution >= 0.6 is 0 Å². The second kappa shape index (κ2) is 11.6. The normalized spacial score (nSPS) is 22.5. The van der Waals surface area contributed by atoms with Gasteiger partial charge in [0.1, 0.15) is 18.2 Å². The fourth-order valence-electron chi connectivity index (χ4n) is 4.96. The van der Waals surface area contributed by atoms with Gasteiger partial charge in [-0.2, -0.15) is 0 Å². The molecular weight excluding hydrogens is 419 g/mol. The van der Waals surface area contributed by atoms with Crippen LogP contribution < -0.4 is 10.1 Å². The number of halogens is 1. The van der Waals surface area contributed by atoms with E-state index in [1.165, 1.54) is 44.2 Å². The molecule has 5 nitrogen and oxygen atoms in total. The maximum absolute atomic E-state index is 13.0. The van der Waals surface area contributed by atoms with Crippen LogP contribution in [0.25, 0.3) is 0 Å². The highest BCUT2D eigenvalue weighted by Crippen LogP contribution is 2.25. The number of amides is 1. The molecule has 2 aromatic carbocycles. The number of hydrogen-bond acceptors (Lipinski definition) is 4. The van der Waals surface area contributed by atoms with Crippen molar-refractivity contribution in [2.75, 3.05) is 19.6 Å². The number of carbonyl (C=O) groups is 1. The molecule has 33 heavy (non-hydrogen) atoms. The van der Waals surface area contributed by atoms with Crippen molar-refractivity contribution in [2.24, 2.45) is 5.92 Å². The van der Waals surface area contributed by atoms with Gasteiger partial charge in [0.25, 0.3) is 5.91 Å². The monoisotopic (exact) mass is 454 g/mol. The summed E-state index contributed by atoms with van der Waals surface area (Å²) >= 11 is 0. The van der Waals surface area contributed by atoms with E-state index in [4.69, 9.17) is 4.74 Å². The first-order valence-corrected chi connectivity index (χ1v) is 12.3. The fraction of sp³-hybridized carbons (Fsp3) is 0.519. The van der Waals surface area contributed by atoms with Gasteiger partial charge in [0.05, 0.1) is 12.1 Å². The molecular formula is C27H35FN2O3. The van der Waals surface area contributed by atoms with E-state index in [0.29, 0.717) is 30.9 Å². The summed E-state index contributed by atoms with van der Waals surface area (Å²) in [5, 5.41) is 13.7. The standard InChI is InChI=1S/C27H35FN2O3/c28-23-12-8-21(9-13-23)19-33-24-14-10-22(11-15-24)27(32)29-25-18-30(16-4-7-26(25)31)17-20-5-2-1-3-6-20/h8-15,20,25-26,31H,1-7,16-19H2,(H,29,32). The van der Waals surface area contributed by atoms with Crippen molar-refractivity contribution < 1.29 is 19.0 Å². The average molecular weight is 455 g/mol. The number of rotatable bonds is 7. The molecule has 0 bridgehead atoms. The second-order valence-corrected chi connectivity index (χ2v) is 9.49. The third-order valence-corrected chi connectivity index (χ3v) is 6.89. The van der Waals surface area contributed by atoms with Crippen molar-refractivity contribution in [3.63, 3.8) is 0 Å². The summed E-state index contributed by atoms with van der Waals surface area (Å²) in [5.74, 6) is 0.936. The summed E-state index contributed by atoms with van der Waals surface area (Å²) in [6.07, 6.45) is 7.74. The van der Waals surface area contributed by atoms with E-state index < -0.39 is 6.10 Å². The molecule has 1 heterocycles. The highest BCUT2D eigenvalue weighted by Gasteiger charge is 2.28. The average Bonchev–Trinajstić information content (AvgIpc) is 3.00. The van der Waals surface area contributed by atoms with E-state index in [2.05, 4.69) is 10.2 Å². The smallest absolute Gasteiger partial charge is 0.251 e. The van der Waals surface area contributed by atoms with Crippen LogP contribution in [-0.2, 0) is 6.61 Å². The lowest BCUT2D eigenvalue weighted by Gasteiger charge is -2.31. The van der Waals surface area contributed by atoms with Crippen LogP contribution in [0.2, 0.25) is 0 Å². The van der Waals surface area contributed by atoms with E-state index >= 15 is 0 Å². The van der Waals surface area contributed by atoms with Gasteiger partial charge in [-0.15, -0.1) is 0 Å². The van der Waals surface area contributed by atoms with E-state index in [-0.39, 0.29) is 17.8 Å². The summed E-state index contributed by atoms with van der Waals surface area (Å²) in [7, 11) is 0. The van der Waals surface area contributed by atoms with Crippen LogP contribution in [0, 0.1) is 11.7 Å². The Kier molecular flexibility index (Phi) is 8.35. The first-order valence-electron chi connectivity index (χ1n) is 12.3. The highest BCUT2D eigenvalue weighted by atomic mass is 19.1. The van der Waals surface area contributed by atoms with Crippen molar-refractivity contribution in [3.05, 3.63) is 65.5 Å². The zero-order valence-electron chi connectivity index (χ0n) is 19.2. The number of likely N-dealkylation sites (tertiary alicyclic amines) is 1. The van der Waals surface area contributed by atoms with Crippen LogP contribution in [-0.4, -0.2) is 47.7 Å². The molecule has 2 aliphatic rings. The van der Waals surface area contributed by atoms with Gasteiger partial charge in [-0.05, 0) is 80.1 Å². The molecule has 2 fully saturated rings. The third kappa shape index (κ3) is 7.02. The molecule has 178 valence electrons. The number of nitrogens with zero attached hydrogens (tertiary/aromatic N) is 1. The minimum atomic E-state index is -0.524. The first kappa shape index (κ1) is 23.7. The van der Waals surface area contributed by atoms with Crippen LogP contribution in [0.1, 0.15) is 60.9 Å². The summed E-state index contributed by atoms with van der Waals surface area (Å²) in [6.45, 7) is 3.08. The quantitative estimate of drug-likeness (QED) is 0.645. The van der Waals surface area contributed by atoms with Gasteiger partial charge in [-0.25, -0.2) is 4.39 Å². The molecule has 0 spiro atoms. The predicted molar refractivity (Wildman–Crippen MR) is 127 cm³/mol. The summed E-state index contributed by atoms with van der Waals surface area (Å²) in [4.78, 5) is 15.3. The number of carbonyl (C=O) groups excluding carboxylic acids is 1. The summed E-state index contributed by atoms with van der Waals surface area (Å²) in [6, 6.07) is 12.9. The first-order chi connectivity index (χ1) is 16.1. The van der Waals surface area contributed by atoms with Gasteiger partial charge in [0.15, 0.2) is 0 Å². The summed E-state index contributed by atoms with van der Waals surface area (Å²) < 4.78 is 18.8. The Morgan fingerprint density at radius 3 is 2.45 bits per heavy atom. The van der Waals surface area contributed by atoms with Gasteiger partial charge >= 0.3 is 0 Å². The van der Waals surface area contributed by atoms with E-state index in [1.54, 1.807) is 36.4 Å². The molecule has 1 aliphatic carbocycles.